The second-order valence-electron chi connectivity index (χ2n) is 8.62. The second kappa shape index (κ2) is 7.62. The summed E-state index contributed by atoms with van der Waals surface area (Å²) in [5.74, 6) is 2.95. The van der Waals surface area contributed by atoms with E-state index < -0.39 is 0 Å². The molecule has 28 heavy (non-hydrogen) atoms. The van der Waals surface area contributed by atoms with Gasteiger partial charge in [0.15, 0.2) is 0 Å². The van der Waals surface area contributed by atoms with Gasteiger partial charge in [0.25, 0.3) is 0 Å². The number of hydrogen-bond acceptors (Lipinski definition) is 5. The van der Waals surface area contributed by atoms with E-state index in [1.54, 1.807) is 11.8 Å². The zero-order chi connectivity index (χ0) is 19.1. The molecule has 1 amide bonds. The van der Waals surface area contributed by atoms with Gasteiger partial charge in [-0.2, -0.15) is 0 Å². The van der Waals surface area contributed by atoms with Crippen LogP contribution in [-0.2, 0) is 17.6 Å². The molecule has 5 rings (SSSR count). The Morgan fingerprint density at radius 3 is 2.46 bits per heavy atom. The first-order valence-electron chi connectivity index (χ1n) is 11.0. The third-order valence-corrected chi connectivity index (χ3v) is 7.99. The van der Waals surface area contributed by atoms with Crippen molar-refractivity contribution in [3.05, 3.63) is 16.3 Å². The van der Waals surface area contributed by atoms with Crippen LogP contribution in [0.4, 0.5) is 5.82 Å². The zero-order valence-electron chi connectivity index (χ0n) is 16.9. The van der Waals surface area contributed by atoms with E-state index in [2.05, 4.69) is 4.90 Å². The molecule has 5 nitrogen and oxygen atoms in total. The molecule has 3 heterocycles. The summed E-state index contributed by atoms with van der Waals surface area (Å²) in [5, 5.41) is 1.33. The van der Waals surface area contributed by atoms with Crippen LogP contribution in [0.25, 0.3) is 10.2 Å². The summed E-state index contributed by atoms with van der Waals surface area (Å²) in [4.78, 5) is 29.2. The summed E-state index contributed by atoms with van der Waals surface area (Å²) in [5.41, 5.74) is 1.52. The minimum atomic E-state index is 0.184. The number of carbonyl (C=O) groups is 1. The van der Waals surface area contributed by atoms with E-state index in [0.29, 0.717) is 5.92 Å². The number of hydrogen-bond donors (Lipinski definition) is 0. The monoisotopic (exact) mass is 398 g/mol. The smallest absolute Gasteiger partial charge is 0.219 e. The molecule has 0 unspecified atom stereocenters. The fourth-order valence-corrected chi connectivity index (χ4v) is 6.42. The van der Waals surface area contributed by atoms with Gasteiger partial charge in [0, 0.05) is 43.9 Å². The average molecular weight is 399 g/mol. The molecule has 0 radical (unpaired) electrons. The van der Waals surface area contributed by atoms with Crippen LogP contribution in [0.5, 0.6) is 0 Å². The summed E-state index contributed by atoms with van der Waals surface area (Å²) in [7, 11) is 0. The molecule has 0 atom stereocenters. The van der Waals surface area contributed by atoms with Crippen LogP contribution >= 0.6 is 11.3 Å². The standard InChI is InChI=1S/C22H30N4OS/c1-15(27)25-11-13-26(14-12-25)21-19-17-9-5-6-10-18(17)28-22(19)24-20(23-21)16-7-3-2-4-8-16/h16H,2-14H2,1H3. The molecule has 1 saturated carbocycles. The van der Waals surface area contributed by atoms with Crippen LogP contribution in [0.3, 0.4) is 0 Å². The van der Waals surface area contributed by atoms with Crippen molar-refractivity contribution in [1.82, 2.24) is 14.9 Å². The van der Waals surface area contributed by atoms with Gasteiger partial charge in [0.05, 0.1) is 5.39 Å². The molecule has 6 heteroatoms. The fourth-order valence-electron chi connectivity index (χ4n) is 5.16. The normalized spacial score (nSPS) is 21.2. The Morgan fingerprint density at radius 2 is 1.71 bits per heavy atom. The second-order valence-corrected chi connectivity index (χ2v) is 9.71. The summed E-state index contributed by atoms with van der Waals surface area (Å²) in [6.07, 6.45) is 11.4. The van der Waals surface area contributed by atoms with Crippen molar-refractivity contribution < 1.29 is 4.79 Å². The molecular weight excluding hydrogens is 368 g/mol. The van der Waals surface area contributed by atoms with E-state index in [1.165, 1.54) is 73.6 Å². The van der Waals surface area contributed by atoms with Gasteiger partial charge >= 0.3 is 0 Å². The number of rotatable bonds is 2. The number of aryl methyl sites for hydroxylation is 2. The summed E-state index contributed by atoms with van der Waals surface area (Å²) < 4.78 is 0. The quantitative estimate of drug-likeness (QED) is 0.757. The van der Waals surface area contributed by atoms with E-state index >= 15 is 0 Å². The highest BCUT2D eigenvalue weighted by Crippen LogP contribution is 2.41. The Morgan fingerprint density at radius 1 is 0.964 bits per heavy atom. The lowest BCUT2D eigenvalue weighted by molar-refractivity contribution is -0.129. The largest absolute Gasteiger partial charge is 0.352 e. The maximum atomic E-state index is 11.7. The SMILES string of the molecule is CC(=O)N1CCN(c2nc(C3CCCCC3)nc3sc4c(c23)CCCC4)CC1. The molecular formula is C22H30N4OS. The molecule has 2 aromatic heterocycles. The third-order valence-electron chi connectivity index (χ3n) is 6.81. The molecule has 2 aromatic rings. The number of fused-ring (bicyclic) bond motifs is 3. The minimum Gasteiger partial charge on any atom is -0.352 e. The van der Waals surface area contributed by atoms with Gasteiger partial charge in [0.1, 0.15) is 16.5 Å². The van der Waals surface area contributed by atoms with E-state index in [4.69, 9.17) is 9.97 Å². The predicted octanol–water partition coefficient (Wildman–Crippen LogP) is 4.29. The zero-order valence-corrected chi connectivity index (χ0v) is 17.7. The Bertz CT molecular complexity index is 878. The van der Waals surface area contributed by atoms with Crippen LogP contribution in [0.1, 0.15) is 74.1 Å². The maximum absolute atomic E-state index is 11.7. The molecule has 0 N–H and O–H groups in total. The Kier molecular flexibility index (Phi) is 4.99. The van der Waals surface area contributed by atoms with Crippen LogP contribution in [-0.4, -0.2) is 47.0 Å². The highest BCUT2D eigenvalue weighted by atomic mass is 32.1. The third kappa shape index (κ3) is 3.30. The van der Waals surface area contributed by atoms with Gasteiger partial charge in [-0.05, 0) is 44.1 Å². The molecule has 2 aliphatic carbocycles. The number of thiophene rings is 1. The number of piperazine rings is 1. The molecule has 0 bridgehead atoms. The van der Waals surface area contributed by atoms with Crippen molar-refractivity contribution in [2.24, 2.45) is 0 Å². The van der Waals surface area contributed by atoms with Crippen LogP contribution < -0.4 is 4.90 Å². The molecule has 1 saturated heterocycles. The van der Waals surface area contributed by atoms with Gasteiger partial charge in [-0.25, -0.2) is 9.97 Å². The van der Waals surface area contributed by atoms with Gasteiger partial charge < -0.3 is 9.80 Å². The van der Waals surface area contributed by atoms with E-state index in [0.717, 1.165) is 37.8 Å². The molecule has 2 fully saturated rings. The topological polar surface area (TPSA) is 49.3 Å². The lowest BCUT2D eigenvalue weighted by Gasteiger charge is -2.35. The molecule has 1 aliphatic heterocycles. The van der Waals surface area contributed by atoms with Gasteiger partial charge in [0.2, 0.25) is 5.91 Å². The molecule has 150 valence electrons. The van der Waals surface area contributed by atoms with E-state index in [9.17, 15) is 4.79 Å². The van der Waals surface area contributed by atoms with Crippen molar-refractivity contribution >= 4 is 33.3 Å². The lowest BCUT2D eigenvalue weighted by Crippen LogP contribution is -2.48. The van der Waals surface area contributed by atoms with E-state index in [1.807, 2.05) is 16.2 Å². The highest BCUT2D eigenvalue weighted by molar-refractivity contribution is 7.19. The number of amides is 1. The van der Waals surface area contributed by atoms with Gasteiger partial charge in [-0.3, -0.25) is 4.79 Å². The Labute approximate surface area is 171 Å². The van der Waals surface area contributed by atoms with Crippen LogP contribution in [0, 0.1) is 0 Å². The summed E-state index contributed by atoms with van der Waals surface area (Å²) in [6.45, 7) is 5.02. The number of carbonyl (C=O) groups excluding carboxylic acids is 1. The highest BCUT2D eigenvalue weighted by Gasteiger charge is 2.28. The first kappa shape index (κ1) is 18.3. The van der Waals surface area contributed by atoms with Crippen molar-refractivity contribution in [3.8, 4) is 0 Å². The Balaban J connectivity index is 1.56. The number of aromatic nitrogens is 2. The molecule has 0 spiro atoms. The average Bonchev–Trinajstić information content (AvgIpc) is 3.12. The van der Waals surface area contributed by atoms with Crippen LogP contribution in [0.2, 0.25) is 0 Å². The van der Waals surface area contributed by atoms with Gasteiger partial charge in [-0.15, -0.1) is 11.3 Å². The van der Waals surface area contributed by atoms with E-state index in [-0.39, 0.29) is 5.91 Å². The predicted molar refractivity (Wildman–Crippen MR) is 114 cm³/mol. The lowest BCUT2D eigenvalue weighted by atomic mass is 9.88. The number of nitrogens with zero attached hydrogens (tertiary/aromatic N) is 4. The fraction of sp³-hybridized carbons (Fsp3) is 0.682. The Hall–Kier alpha value is -1.69. The molecule has 0 aromatic carbocycles. The van der Waals surface area contributed by atoms with Crippen molar-refractivity contribution in [3.63, 3.8) is 0 Å². The van der Waals surface area contributed by atoms with Crippen LogP contribution in [0.15, 0.2) is 0 Å². The maximum Gasteiger partial charge on any atom is 0.219 e. The van der Waals surface area contributed by atoms with Crippen molar-refractivity contribution in [2.75, 3.05) is 31.1 Å². The minimum absolute atomic E-state index is 0.184. The van der Waals surface area contributed by atoms with Gasteiger partial charge in [-0.1, -0.05) is 19.3 Å². The van der Waals surface area contributed by atoms with Crippen molar-refractivity contribution in [1.29, 1.82) is 0 Å². The van der Waals surface area contributed by atoms with Crippen molar-refractivity contribution in [2.45, 2.75) is 70.6 Å². The first-order chi connectivity index (χ1) is 13.7. The molecule has 3 aliphatic rings. The first-order valence-corrected chi connectivity index (χ1v) is 11.8. The number of anilines is 1. The summed E-state index contributed by atoms with van der Waals surface area (Å²) in [6, 6.07) is 0. The summed E-state index contributed by atoms with van der Waals surface area (Å²) >= 11 is 1.92.